The van der Waals surface area contributed by atoms with Gasteiger partial charge in [-0.2, -0.15) is 0 Å². The summed E-state index contributed by atoms with van der Waals surface area (Å²) in [5.41, 5.74) is 8.45. The van der Waals surface area contributed by atoms with Crippen LogP contribution in [-0.2, 0) is 0 Å². The largest absolute Gasteiger partial charge is 0.365 e. The van der Waals surface area contributed by atoms with Crippen LogP contribution in [0.3, 0.4) is 0 Å². The van der Waals surface area contributed by atoms with Crippen molar-refractivity contribution in [1.82, 2.24) is 0 Å². The van der Waals surface area contributed by atoms with Crippen LogP contribution in [0.5, 0.6) is 0 Å². The molecule has 1 atom stereocenters. The lowest BCUT2D eigenvalue weighted by molar-refractivity contribution is 0.692. The smallest absolute Gasteiger partial charge is 0.0754 e. The zero-order valence-electron chi connectivity index (χ0n) is 11.5. The van der Waals surface area contributed by atoms with Crippen LogP contribution >= 0.6 is 27.3 Å². The summed E-state index contributed by atoms with van der Waals surface area (Å²) in [6, 6.07) is 11.0. The molecule has 1 unspecified atom stereocenters. The maximum Gasteiger partial charge on any atom is 0.0754 e. The van der Waals surface area contributed by atoms with E-state index in [4.69, 9.17) is 5.73 Å². The summed E-state index contributed by atoms with van der Waals surface area (Å²) >= 11 is 5.38. The fourth-order valence-electron chi connectivity index (χ4n) is 2.07. The third-order valence-electron chi connectivity index (χ3n) is 3.34. The van der Waals surface area contributed by atoms with Gasteiger partial charge >= 0.3 is 0 Å². The number of hydrogen-bond donors (Lipinski definition) is 1. The van der Waals surface area contributed by atoms with Crippen molar-refractivity contribution in [3.63, 3.8) is 0 Å². The second-order valence-corrected chi connectivity index (χ2v) is 6.89. The predicted molar refractivity (Wildman–Crippen MR) is 88.1 cm³/mol. The Morgan fingerprint density at radius 1 is 1.26 bits per heavy atom. The minimum atomic E-state index is 0.220. The van der Waals surface area contributed by atoms with Crippen LogP contribution < -0.4 is 10.6 Å². The van der Waals surface area contributed by atoms with Crippen molar-refractivity contribution in [3.05, 3.63) is 50.1 Å². The van der Waals surface area contributed by atoms with Gasteiger partial charge in [0.15, 0.2) is 0 Å². The van der Waals surface area contributed by atoms with Crippen molar-refractivity contribution < 1.29 is 0 Å². The topological polar surface area (TPSA) is 29.3 Å². The molecular formula is C15H19BrN2S. The van der Waals surface area contributed by atoms with E-state index in [9.17, 15) is 0 Å². The molecular weight excluding hydrogens is 320 g/mol. The molecule has 0 spiro atoms. The fourth-order valence-corrected chi connectivity index (χ4v) is 3.79. The summed E-state index contributed by atoms with van der Waals surface area (Å²) in [6.45, 7) is 4.83. The highest BCUT2D eigenvalue weighted by molar-refractivity contribution is 9.10. The lowest BCUT2D eigenvalue weighted by atomic mass is 10.1. The molecule has 2 N–H and O–H groups in total. The molecule has 4 heteroatoms. The first kappa shape index (κ1) is 14.6. The van der Waals surface area contributed by atoms with Gasteiger partial charge in [-0.3, -0.25) is 0 Å². The number of aryl methyl sites for hydroxylation is 2. The summed E-state index contributed by atoms with van der Waals surface area (Å²) in [4.78, 5) is 4.85. The van der Waals surface area contributed by atoms with Gasteiger partial charge in [0.25, 0.3) is 0 Å². The van der Waals surface area contributed by atoms with Crippen molar-refractivity contribution in [2.45, 2.75) is 19.9 Å². The molecule has 0 aliphatic carbocycles. The van der Waals surface area contributed by atoms with Crippen molar-refractivity contribution >= 4 is 33.0 Å². The monoisotopic (exact) mass is 338 g/mol. The molecule has 1 aromatic heterocycles. The first-order valence-corrected chi connectivity index (χ1v) is 7.89. The highest BCUT2D eigenvalue weighted by Gasteiger charge is 2.19. The number of nitrogens with two attached hydrogens (primary N) is 1. The Kier molecular flexibility index (Phi) is 4.66. The molecule has 102 valence electrons. The summed E-state index contributed by atoms with van der Waals surface area (Å²) in [6.07, 6.45) is 0. The third-order valence-corrected chi connectivity index (χ3v) is 5.57. The molecule has 19 heavy (non-hydrogen) atoms. The molecule has 0 saturated carbocycles. The van der Waals surface area contributed by atoms with E-state index in [-0.39, 0.29) is 6.04 Å². The minimum absolute atomic E-state index is 0.220. The SMILES string of the molecule is Cc1ccc(N(C)C(CN)c2cc(Br)c(C)s2)cc1. The molecule has 0 fully saturated rings. The first-order valence-electron chi connectivity index (χ1n) is 6.28. The maximum absolute atomic E-state index is 5.98. The number of halogens is 1. The average Bonchev–Trinajstić information content (AvgIpc) is 2.71. The molecule has 0 bridgehead atoms. The Labute approximate surface area is 127 Å². The normalized spacial score (nSPS) is 12.5. The minimum Gasteiger partial charge on any atom is -0.365 e. The van der Waals surface area contributed by atoms with E-state index in [2.05, 4.69) is 72.1 Å². The number of rotatable bonds is 4. The van der Waals surface area contributed by atoms with Crippen LogP contribution in [0.4, 0.5) is 5.69 Å². The number of likely N-dealkylation sites (N-methyl/N-ethyl adjacent to an activating group) is 1. The maximum atomic E-state index is 5.98. The van der Waals surface area contributed by atoms with Crippen LogP contribution in [-0.4, -0.2) is 13.6 Å². The van der Waals surface area contributed by atoms with Crippen LogP contribution in [0.2, 0.25) is 0 Å². The highest BCUT2D eigenvalue weighted by Crippen LogP contribution is 2.34. The number of thiophene rings is 1. The fraction of sp³-hybridized carbons (Fsp3) is 0.333. The Hall–Kier alpha value is -0.840. The van der Waals surface area contributed by atoms with Gasteiger partial charge in [-0.1, -0.05) is 17.7 Å². The van der Waals surface area contributed by atoms with E-state index in [0.717, 1.165) is 0 Å². The van der Waals surface area contributed by atoms with Gasteiger partial charge in [-0.15, -0.1) is 11.3 Å². The summed E-state index contributed by atoms with van der Waals surface area (Å²) in [5, 5.41) is 0. The van der Waals surface area contributed by atoms with Gasteiger partial charge in [0.05, 0.1) is 6.04 Å². The van der Waals surface area contributed by atoms with Crippen molar-refractivity contribution in [1.29, 1.82) is 0 Å². The summed E-state index contributed by atoms with van der Waals surface area (Å²) in [5.74, 6) is 0. The Morgan fingerprint density at radius 3 is 2.37 bits per heavy atom. The van der Waals surface area contributed by atoms with Crippen molar-refractivity contribution in [3.8, 4) is 0 Å². The molecule has 1 heterocycles. The first-order chi connectivity index (χ1) is 9.02. The molecule has 0 aliphatic rings. The summed E-state index contributed by atoms with van der Waals surface area (Å²) < 4.78 is 1.17. The van der Waals surface area contributed by atoms with E-state index in [1.165, 1.54) is 25.5 Å². The zero-order chi connectivity index (χ0) is 14.0. The third kappa shape index (κ3) is 3.19. The van der Waals surface area contributed by atoms with Gasteiger partial charge in [-0.25, -0.2) is 0 Å². The van der Waals surface area contributed by atoms with Gasteiger partial charge in [-0.05, 0) is 48.0 Å². The van der Waals surface area contributed by atoms with Gasteiger partial charge in [0.1, 0.15) is 0 Å². The quantitative estimate of drug-likeness (QED) is 0.902. The Balaban J connectivity index is 2.28. The number of benzene rings is 1. The molecule has 1 aromatic carbocycles. The van der Waals surface area contributed by atoms with E-state index in [1.807, 2.05) is 0 Å². The lowest BCUT2D eigenvalue weighted by Crippen LogP contribution is -2.29. The highest BCUT2D eigenvalue weighted by atomic mass is 79.9. The van der Waals surface area contributed by atoms with Crippen molar-refractivity contribution in [2.24, 2.45) is 5.73 Å². The Bertz CT molecular complexity index is 528. The summed E-state index contributed by atoms with van der Waals surface area (Å²) in [7, 11) is 2.10. The van der Waals surface area contributed by atoms with Crippen molar-refractivity contribution in [2.75, 3.05) is 18.5 Å². The van der Waals surface area contributed by atoms with E-state index < -0.39 is 0 Å². The second-order valence-electron chi connectivity index (χ2n) is 4.75. The molecule has 0 saturated heterocycles. The number of hydrogen-bond acceptors (Lipinski definition) is 3. The van der Waals surface area contributed by atoms with Crippen LogP contribution in [0.1, 0.15) is 21.4 Å². The molecule has 2 nitrogen and oxygen atoms in total. The Morgan fingerprint density at radius 2 is 1.89 bits per heavy atom. The molecule has 2 rings (SSSR count). The number of anilines is 1. The second kappa shape index (κ2) is 6.07. The zero-order valence-corrected chi connectivity index (χ0v) is 13.9. The average molecular weight is 339 g/mol. The predicted octanol–water partition coefficient (Wildman–Crippen LogP) is 4.26. The van der Waals surface area contributed by atoms with E-state index >= 15 is 0 Å². The standard InChI is InChI=1S/C15H19BrN2S/c1-10-4-6-12(7-5-10)18(3)14(9-17)15-8-13(16)11(2)19-15/h4-8,14H,9,17H2,1-3H3. The molecule has 0 amide bonds. The number of nitrogens with zero attached hydrogens (tertiary/aromatic N) is 1. The molecule has 0 radical (unpaired) electrons. The van der Waals surface area contributed by atoms with Crippen LogP contribution in [0.25, 0.3) is 0 Å². The van der Waals surface area contributed by atoms with Gasteiger partial charge < -0.3 is 10.6 Å². The van der Waals surface area contributed by atoms with Crippen LogP contribution in [0, 0.1) is 13.8 Å². The van der Waals surface area contributed by atoms with Gasteiger partial charge in [0, 0.05) is 33.5 Å². The van der Waals surface area contributed by atoms with E-state index in [1.54, 1.807) is 11.3 Å². The van der Waals surface area contributed by atoms with Gasteiger partial charge in [0.2, 0.25) is 0 Å². The molecule has 2 aromatic rings. The molecule has 0 aliphatic heterocycles. The van der Waals surface area contributed by atoms with Crippen LogP contribution in [0.15, 0.2) is 34.8 Å². The van der Waals surface area contributed by atoms with E-state index in [0.29, 0.717) is 6.54 Å². The lowest BCUT2D eigenvalue weighted by Gasteiger charge is -2.28.